The molecule has 13 heavy (non-hydrogen) atoms. The molecule has 0 spiro atoms. The molecule has 1 aromatic heterocycles. The Balaban J connectivity index is 2.94. The number of ether oxygens (including phenoxy) is 1. The van der Waals surface area contributed by atoms with Crippen LogP contribution in [0.4, 0.5) is 0 Å². The van der Waals surface area contributed by atoms with Gasteiger partial charge in [0.25, 0.3) is 0 Å². The van der Waals surface area contributed by atoms with Gasteiger partial charge in [-0.2, -0.15) is 0 Å². The fraction of sp³-hybridized carbons (Fsp3) is 0.333. The van der Waals surface area contributed by atoms with Crippen LogP contribution < -0.4 is 0 Å². The average Bonchev–Trinajstić information content (AvgIpc) is 2.32. The van der Waals surface area contributed by atoms with Crippen LogP contribution in [0.15, 0.2) is 13.9 Å². The van der Waals surface area contributed by atoms with Gasteiger partial charge in [0.05, 0.1) is 7.11 Å². The van der Waals surface area contributed by atoms with Crippen LogP contribution in [0.25, 0.3) is 0 Å². The maximum Gasteiger partial charge on any atom is 0.325 e. The molecular formula is C6H5Br3N2O2. The average molecular weight is 377 g/mol. The summed E-state index contributed by atoms with van der Waals surface area (Å²) in [5.41, 5.74) is 0. The predicted molar refractivity (Wildman–Crippen MR) is 57.3 cm³/mol. The summed E-state index contributed by atoms with van der Waals surface area (Å²) in [6, 6.07) is 0. The van der Waals surface area contributed by atoms with Crippen LogP contribution in [-0.4, -0.2) is 22.6 Å². The SMILES string of the molecule is COC(=O)Cn1c(Br)nc(Br)c1Br. The summed E-state index contributed by atoms with van der Waals surface area (Å²) in [6.45, 7) is 0.121. The predicted octanol–water partition coefficient (Wildman–Crippen LogP) is 2.34. The van der Waals surface area contributed by atoms with E-state index in [0.717, 1.165) is 0 Å². The van der Waals surface area contributed by atoms with E-state index in [1.54, 1.807) is 4.57 Å². The Morgan fingerprint density at radius 2 is 2.15 bits per heavy atom. The molecule has 0 aliphatic rings. The van der Waals surface area contributed by atoms with Crippen molar-refractivity contribution in [1.82, 2.24) is 9.55 Å². The quantitative estimate of drug-likeness (QED) is 0.744. The molecule has 0 fully saturated rings. The molecule has 0 bridgehead atoms. The Bertz CT molecular complexity index is 337. The van der Waals surface area contributed by atoms with Crippen LogP contribution in [0.2, 0.25) is 0 Å². The Kier molecular flexibility index (Phi) is 3.93. The maximum atomic E-state index is 11.0. The van der Waals surface area contributed by atoms with Crippen molar-refractivity contribution in [3.63, 3.8) is 0 Å². The molecule has 4 nitrogen and oxygen atoms in total. The third-order valence-electron chi connectivity index (χ3n) is 1.34. The topological polar surface area (TPSA) is 44.1 Å². The Hall–Kier alpha value is 0.120. The monoisotopic (exact) mass is 374 g/mol. The van der Waals surface area contributed by atoms with Gasteiger partial charge in [0.15, 0.2) is 4.73 Å². The molecule has 0 atom stereocenters. The molecule has 0 N–H and O–H groups in total. The van der Waals surface area contributed by atoms with Crippen molar-refractivity contribution in [3.8, 4) is 0 Å². The lowest BCUT2D eigenvalue weighted by molar-refractivity contribution is -0.141. The number of imidazole rings is 1. The molecule has 0 aromatic carbocycles. The molecule has 0 amide bonds. The first-order chi connectivity index (χ1) is 6.06. The highest BCUT2D eigenvalue weighted by molar-refractivity contribution is 9.13. The Labute approximate surface area is 100 Å². The van der Waals surface area contributed by atoms with Gasteiger partial charge >= 0.3 is 5.97 Å². The lowest BCUT2D eigenvalue weighted by atomic mass is 10.6. The van der Waals surface area contributed by atoms with Crippen molar-refractivity contribution < 1.29 is 9.53 Å². The minimum atomic E-state index is -0.327. The van der Waals surface area contributed by atoms with E-state index in [9.17, 15) is 4.79 Å². The fourth-order valence-corrected chi connectivity index (χ4v) is 2.43. The molecule has 1 rings (SSSR count). The number of aromatic nitrogens is 2. The minimum absolute atomic E-state index is 0.121. The van der Waals surface area contributed by atoms with E-state index in [4.69, 9.17) is 0 Å². The van der Waals surface area contributed by atoms with Gasteiger partial charge in [-0.1, -0.05) is 0 Å². The summed E-state index contributed by atoms with van der Waals surface area (Å²) in [7, 11) is 1.34. The maximum absolute atomic E-state index is 11.0. The number of carbonyl (C=O) groups is 1. The van der Waals surface area contributed by atoms with Crippen LogP contribution in [-0.2, 0) is 16.1 Å². The minimum Gasteiger partial charge on any atom is -0.468 e. The lowest BCUT2D eigenvalue weighted by Gasteiger charge is -2.03. The zero-order chi connectivity index (χ0) is 10.0. The summed E-state index contributed by atoms with van der Waals surface area (Å²) in [6.07, 6.45) is 0. The van der Waals surface area contributed by atoms with E-state index in [1.807, 2.05) is 0 Å². The van der Waals surface area contributed by atoms with Gasteiger partial charge in [-0.25, -0.2) is 4.98 Å². The zero-order valence-corrected chi connectivity index (χ0v) is 11.3. The molecular weight excluding hydrogens is 372 g/mol. The fourth-order valence-electron chi connectivity index (χ4n) is 0.708. The van der Waals surface area contributed by atoms with Crippen LogP contribution in [0.5, 0.6) is 0 Å². The van der Waals surface area contributed by atoms with E-state index >= 15 is 0 Å². The molecule has 1 heterocycles. The highest BCUT2D eigenvalue weighted by Gasteiger charge is 2.13. The van der Waals surface area contributed by atoms with E-state index in [0.29, 0.717) is 13.9 Å². The standard InChI is InChI=1S/C6H5Br3N2O2/c1-13-3(12)2-11-5(8)4(7)10-6(11)9/h2H2,1H3. The molecule has 1 aromatic rings. The third-order valence-corrected chi connectivity index (χ3v) is 3.83. The van der Waals surface area contributed by atoms with Gasteiger partial charge in [-0.15, -0.1) is 0 Å². The molecule has 0 unspecified atom stereocenters. The first kappa shape index (κ1) is 11.2. The van der Waals surface area contributed by atoms with Crippen molar-refractivity contribution in [2.45, 2.75) is 6.54 Å². The molecule has 72 valence electrons. The zero-order valence-electron chi connectivity index (χ0n) is 6.55. The van der Waals surface area contributed by atoms with Gasteiger partial charge in [-0.3, -0.25) is 4.79 Å². The largest absolute Gasteiger partial charge is 0.468 e. The van der Waals surface area contributed by atoms with Crippen LogP contribution in [0.1, 0.15) is 0 Å². The summed E-state index contributed by atoms with van der Waals surface area (Å²) < 4.78 is 8.07. The van der Waals surface area contributed by atoms with Gasteiger partial charge in [0, 0.05) is 0 Å². The van der Waals surface area contributed by atoms with Crippen LogP contribution >= 0.6 is 47.8 Å². The normalized spacial score (nSPS) is 10.2. The Morgan fingerprint density at radius 1 is 1.54 bits per heavy atom. The second-order valence-electron chi connectivity index (χ2n) is 2.12. The Morgan fingerprint density at radius 3 is 2.54 bits per heavy atom. The van der Waals surface area contributed by atoms with Crippen molar-refractivity contribution >= 4 is 53.8 Å². The number of halogens is 3. The van der Waals surface area contributed by atoms with E-state index in [1.165, 1.54) is 7.11 Å². The van der Waals surface area contributed by atoms with E-state index in [-0.39, 0.29) is 12.5 Å². The highest BCUT2D eigenvalue weighted by atomic mass is 79.9. The molecule has 0 aliphatic heterocycles. The van der Waals surface area contributed by atoms with Gasteiger partial charge in [0.2, 0.25) is 0 Å². The summed E-state index contributed by atoms with van der Waals surface area (Å²) in [5.74, 6) is -0.327. The molecule has 7 heteroatoms. The van der Waals surface area contributed by atoms with Crippen LogP contribution in [0, 0.1) is 0 Å². The number of rotatable bonds is 2. The van der Waals surface area contributed by atoms with Gasteiger partial charge in [-0.05, 0) is 47.8 Å². The number of hydrogen-bond acceptors (Lipinski definition) is 3. The summed E-state index contributed by atoms with van der Waals surface area (Å²) in [4.78, 5) is 15.0. The van der Waals surface area contributed by atoms with E-state index in [2.05, 4.69) is 57.5 Å². The molecule has 0 saturated heterocycles. The number of carbonyl (C=O) groups excluding carboxylic acids is 1. The molecule has 0 radical (unpaired) electrons. The van der Waals surface area contributed by atoms with E-state index < -0.39 is 0 Å². The van der Waals surface area contributed by atoms with Crippen molar-refractivity contribution in [2.24, 2.45) is 0 Å². The summed E-state index contributed by atoms with van der Waals surface area (Å²) >= 11 is 9.70. The van der Waals surface area contributed by atoms with Gasteiger partial charge < -0.3 is 9.30 Å². The second kappa shape index (κ2) is 4.56. The highest BCUT2D eigenvalue weighted by Crippen LogP contribution is 2.26. The first-order valence-corrected chi connectivity index (χ1v) is 5.58. The number of methoxy groups -OCH3 is 1. The lowest BCUT2D eigenvalue weighted by Crippen LogP contribution is -2.11. The van der Waals surface area contributed by atoms with Crippen molar-refractivity contribution in [1.29, 1.82) is 0 Å². The summed E-state index contributed by atoms with van der Waals surface area (Å²) in [5, 5.41) is 0. The number of hydrogen-bond donors (Lipinski definition) is 0. The number of esters is 1. The van der Waals surface area contributed by atoms with Crippen molar-refractivity contribution in [3.05, 3.63) is 13.9 Å². The first-order valence-electron chi connectivity index (χ1n) is 3.20. The van der Waals surface area contributed by atoms with Crippen molar-refractivity contribution in [2.75, 3.05) is 7.11 Å². The smallest absolute Gasteiger partial charge is 0.325 e. The molecule has 0 saturated carbocycles. The molecule has 0 aliphatic carbocycles. The van der Waals surface area contributed by atoms with Gasteiger partial charge in [0.1, 0.15) is 15.8 Å². The number of nitrogens with zero attached hydrogens (tertiary/aromatic N) is 2. The third kappa shape index (κ3) is 2.54. The van der Waals surface area contributed by atoms with Crippen LogP contribution in [0.3, 0.4) is 0 Å². The second-order valence-corrected chi connectivity index (χ2v) is 4.34.